The van der Waals surface area contributed by atoms with Crippen molar-refractivity contribution >= 4 is 50.5 Å². The van der Waals surface area contributed by atoms with E-state index in [-0.39, 0.29) is 17.3 Å². The van der Waals surface area contributed by atoms with Crippen molar-refractivity contribution in [2.45, 2.75) is 11.0 Å². The van der Waals surface area contributed by atoms with Crippen molar-refractivity contribution in [1.82, 2.24) is 4.90 Å². The molecule has 0 aliphatic carbocycles. The fourth-order valence-corrected chi connectivity index (χ4v) is 6.14. The number of ether oxygens (including phenoxy) is 1. The highest BCUT2D eigenvalue weighted by Crippen LogP contribution is 2.37. The van der Waals surface area contributed by atoms with E-state index >= 15 is 0 Å². The molecule has 182 valence electrons. The lowest BCUT2D eigenvalue weighted by molar-refractivity contribution is -0.138. The van der Waals surface area contributed by atoms with Gasteiger partial charge in [-0.3, -0.25) is 9.10 Å². The lowest BCUT2D eigenvalue weighted by atomic mass is 10.2. The summed E-state index contributed by atoms with van der Waals surface area (Å²) in [7, 11) is -3.94. The van der Waals surface area contributed by atoms with Gasteiger partial charge in [0.1, 0.15) is 5.75 Å². The highest BCUT2D eigenvalue weighted by Gasteiger charge is 2.39. The SMILES string of the molecule is O=C([C@H]1CN(S(=O)(=O)c2ccc(Cl)cc2)c2ccccc2O1)N1CCN(c2cccc(Cl)c2)CC1. The van der Waals surface area contributed by atoms with E-state index in [1.54, 1.807) is 29.2 Å². The second-order valence-corrected chi connectivity index (χ2v) is 11.1. The van der Waals surface area contributed by atoms with Crippen molar-refractivity contribution in [2.24, 2.45) is 0 Å². The number of rotatable bonds is 4. The normalized spacial score (nSPS) is 18.1. The average molecular weight is 532 g/mol. The third-order valence-corrected chi connectivity index (χ3v) is 8.46. The van der Waals surface area contributed by atoms with Gasteiger partial charge in [0.05, 0.1) is 17.1 Å². The van der Waals surface area contributed by atoms with Crippen molar-refractivity contribution in [2.75, 3.05) is 41.9 Å². The van der Waals surface area contributed by atoms with Crippen molar-refractivity contribution in [3.8, 4) is 5.75 Å². The number of carbonyl (C=O) groups excluding carboxylic acids is 1. The Labute approximate surface area is 214 Å². The van der Waals surface area contributed by atoms with Gasteiger partial charge in [-0.15, -0.1) is 0 Å². The maximum Gasteiger partial charge on any atom is 0.265 e. The molecule has 1 saturated heterocycles. The average Bonchev–Trinajstić information content (AvgIpc) is 2.88. The molecular formula is C25H23Cl2N3O4S. The fraction of sp³-hybridized carbons (Fsp3) is 0.240. The summed E-state index contributed by atoms with van der Waals surface area (Å²) < 4.78 is 34.3. The maximum absolute atomic E-state index is 13.5. The third kappa shape index (κ3) is 4.78. The number of halogens is 2. The first-order valence-corrected chi connectivity index (χ1v) is 13.4. The maximum atomic E-state index is 13.5. The van der Waals surface area contributed by atoms with Crippen molar-refractivity contribution in [1.29, 1.82) is 0 Å². The van der Waals surface area contributed by atoms with Crippen LogP contribution in [0.15, 0.2) is 77.7 Å². The Morgan fingerprint density at radius 3 is 2.29 bits per heavy atom. The zero-order chi connectivity index (χ0) is 24.6. The molecule has 0 radical (unpaired) electrons. The first-order valence-electron chi connectivity index (χ1n) is 11.2. The summed E-state index contributed by atoms with van der Waals surface area (Å²) in [5.41, 5.74) is 1.41. The Morgan fingerprint density at radius 2 is 1.57 bits per heavy atom. The smallest absolute Gasteiger partial charge is 0.265 e. The standard InChI is InChI=1S/C25H23Cl2N3O4S/c26-18-8-10-21(11-9-18)35(32,33)30-17-24(34-23-7-2-1-6-22(23)30)25(31)29-14-12-28(13-15-29)20-5-3-4-19(27)16-20/h1-11,16,24H,12-15,17H2/t24-/m1/s1. The second kappa shape index (κ2) is 9.60. The van der Waals surface area contributed by atoms with Crippen molar-refractivity contribution < 1.29 is 17.9 Å². The molecule has 0 spiro atoms. The molecular weight excluding hydrogens is 509 g/mol. The van der Waals surface area contributed by atoms with Crippen molar-refractivity contribution in [3.63, 3.8) is 0 Å². The van der Waals surface area contributed by atoms with Gasteiger partial charge in [0.15, 0.2) is 6.10 Å². The Kier molecular flexibility index (Phi) is 6.53. The number of fused-ring (bicyclic) bond motifs is 1. The van der Waals surface area contributed by atoms with E-state index in [2.05, 4.69) is 4.90 Å². The molecule has 0 unspecified atom stereocenters. The molecule has 5 rings (SSSR count). The number of hydrogen-bond donors (Lipinski definition) is 0. The van der Waals surface area contributed by atoms with Crippen LogP contribution in [0.25, 0.3) is 0 Å². The van der Waals surface area contributed by atoms with Gasteiger partial charge in [0, 0.05) is 41.9 Å². The number of sulfonamides is 1. The Hall–Kier alpha value is -2.94. The summed E-state index contributed by atoms with van der Waals surface area (Å²) in [6.07, 6.45) is -0.954. The van der Waals surface area contributed by atoms with Gasteiger partial charge < -0.3 is 14.5 Å². The van der Waals surface area contributed by atoms with Crippen LogP contribution < -0.4 is 13.9 Å². The number of hydrogen-bond acceptors (Lipinski definition) is 5. The van der Waals surface area contributed by atoms with Crippen LogP contribution in [0.2, 0.25) is 10.0 Å². The summed E-state index contributed by atoms with van der Waals surface area (Å²) in [5.74, 6) is 0.119. The first kappa shape index (κ1) is 23.8. The van der Waals surface area contributed by atoms with Crippen molar-refractivity contribution in [3.05, 3.63) is 82.8 Å². The minimum atomic E-state index is -3.94. The van der Waals surface area contributed by atoms with Crippen LogP contribution in [-0.4, -0.2) is 58.1 Å². The van der Waals surface area contributed by atoms with Crippen LogP contribution in [0.5, 0.6) is 5.75 Å². The summed E-state index contributed by atoms with van der Waals surface area (Å²) >= 11 is 12.1. The van der Waals surface area contributed by atoms with E-state index in [1.807, 2.05) is 24.3 Å². The molecule has 0 aromatic heterocycles. The van der Waals surface area contributed by atoms with E-state index in [4.69, 9.17) is 27.9 Å². The molecule has 1 fully saturated rings. The number of nitrogens with zero attached hydrogens (tertiary/aromatic N) is 3. The van der Waals surface area contributed by atoms with Crippen LogP contribution >= 0.6 is 23.2 Å². The van der Waals surface area contributed by atoms with E-state index in [1.165, 1.54) is 28.6 Å². The van der Waals surface area contributed by atoms with Crippen LogP contribution in [-0.2, 0) is 14.8 Å². The van der Waals surface area contributed by atoms with Crippen LogP contribution in [0.4, 0.5) is 11.4 Å². The quantitative estimate of drug-likeness (QED) is 0.502. The van der Waals surface area contributed by atoms with Gasteiger partial charge >= 0.3 is 0 Å². The molecule has 3 aromatic rings. The molecule has 1 atom stereocenters. The lowest BCUT2D eigenvalue weighted by Gasteiger charge is -2.40. The molecule has 2 aliphatic heterocycles. The predicted molar refractivity (Wildman–Crippen MR) is 137 cm³/mol. The first-order chi connectivity index (χ1) is 16.8. The zero-order valence-corrected chi connectivity index (χ0v) is 21.0. The van der Waals surface area contributed by atoms with Gasteiger partial charge in [0.25, 0.3) is 15.9 Å². The third-order valence-electron chi connectivity index (χ3n) is 6.18. The van der Waals surface area contributed by atoms with Crippen LogP contribution in [0.3, 0.4) is 0 Å². The number of carbonyl (C=O) groups is 1. The fourth-order valence-electron chi connectivity index (χ4n) is 4.35. The Morgan fingerprint density at radius 1 is 0.857 bits per heavy atom. The number of amides is 1. The molecule has 35 heavy (non-hydrogen) atoms. The Balaban J connectivity index is 1.35. The van der Waals surface area contributed by atoms with Gasteiger partial charge in [-0.25, -0.2) is 8.42 Å². The Bertz CT molecular complexity index is 1340. The molecule has 2 aliphatic rings. The molecule has 0 N–H and O–H groups in total. The molecule has 3 aromatic carbocycles. The van der Waals surface area contributed by atoms with E-state index in [9.17, 15) is 13.2 Å². The summed E-state index contributed by atoms with van der Waals surface area (Å²) in [6, 6.07) is 20.4. The topological polar surface area (TPSA) is 70.2 Å². The molecule has 1 amide bonds. The van der Waals surface area contributed by atoms with E-state index in [0.717, 1.165) is 5.69 Å². The molecule has 0 bridgehead atoms. The predicted octanol–water partition coefficient (Wildman–Crippen LogP) is 4.30. The van der Waals surface area contributed by atoms with Gasteiger partial charge in [0.2, 0.25) is 0 Å². The van der Waals surface area contributed by atoms with Gasteiger partial charge in [-0.05, 0) is 54.6 Å². The van der Waals surface area contributed by atoms with E-state index < -0.39 is 16.1 Å². The molecule has 10 heteroatoms. The minimum absolute atomic E-state index is 0.0972. The second-order valence-electron chi connectivity index (χ2n) is 8.36. The molecule has 2 heterocycles. The highest BCUT2D eigenvalue weighted by molar-refractivity contribution is 7.92. The highest BCUT2D eigenvalue weighted by atomic mass is 35.5. The summed E-state index contributed by atoms with van der Waals surface area (Å²) in [6.45, 7) is 2.16. The largest absolute Gasteiger partial charge is 0.476 e. The monoisotopic (exact) mass is 531 g/mol. The lowest BCUT2D eigenvalue weighted by Crippen LogP contribution is -2.56. The van der Waals surface area contributed by atoms with Crippen LogP contribution in [0.1, 0.15) is 0 Å². The number of piperazine rings is 1. The zero-order valence-electron chi connectivity index (χ0n) is 18.7. The summed E-state index contributed by atoms with van der Waals surface area (Å²) in [4.78, 5) is 17.4. The van der Waals surface area contributed by atoms with Crippen LogP contribution in [0, 0.1) is 0 Å². The summed E-state index contributed by atoms with van der Waals surface area (Å²) in [5, 5.41) is 1.11. The number of benzene rings is 3. The number of anilines is 2. The molecule has 0 saturated carbocycles. The molecule has 7 nitrogen and oxygen atoms in total. The minimum Gasteiger partial charge on any atom is -0.476 e. The van der Waals surface area contributed by atoms with E-state index in [0.29, 0.717) is 47.7 Å². The van der Waals surface area contributed by atoms with Gasteiger partial charge in [-0.1, -0.05) is 41.4 Å². The van der Waals surface area contributed by atoms with Gasteiger partial charge in [-0.2, -0.15) is 0 Å². The number of para-hydroxylation sites is 2.